The minimum atomic E-state index is -0.252. The summed E-state index contributed by atoms with van der Waals surface area (Å²) in [6.45, 7) is 1.85. The lowest BCUT2D eigenvalue weighted by atomic mass is 9.30. The number of hydrogen-bond acceptors (Lipinski definition) is 8. The van der Waals surface area contributed by atoms with Crippen LogP contribution in [-0.2, 0) is 0 Å². The van der Waals surface area contributed by atoms with E-state index in [1.165, 1.54) is 116 Å². The molecule has 488 valence electrons. The van der Waals surface area contributed by atoms with Crippen LogP contribution >= 0.6 is 11.3 Å². The van der Waals surface area contributed by atoms with E-state index in [9.17, 15) is 0 Å². The number of para-hydroxylation sites is 8. The lowest BCUT2D eigenvalue weighted by Gasteiger charge is -2.53. The zero-order chi connectivity index (χ0) is 68.7. The van der Waals surface area contributed by atoms with Gasteiger partial charge in [-0.15, -0.1) is 11.3 Å². The Morgan fingerprint density at radius 1 is 0.238 bits per heavy atom. The van der Waals surface area contributed by atoms with Gasteiger partial charge in [0.25, 0.3) is 13.4 Å². The molecule has 7 aliphatic heterocycles. The number of nitrogens with zero attached hydrogens (tertiary/aromatic N) is 7. The Bertz CT molecular complexity index is 6240. The monoisotopic (exact) mass is 1350 g/mol. The fourth-order valence-corrected chi connectivity index (χ4v) is 19.9. The quantitative estimate of drug-likeness (QED) is 0.133. The molecule has 0 radical (unpaired) electrons. The van der Waals surface area contributed by atoms with E-state index in [1.54, 1.807) is 0 Å². The topological polar surface area (TPSA) is 22.7 Å². The fourth-order valence-electron chi connectivity index (χ4n) is 18.6. The molecule has 23 rings (SSSR count). The standard InChI is InChI=1S/C95H61B2N7S/c1-60-54-80-85-81(55-60)103-91-74(97(85)75-56-65(61-30-10-2-11-31-61)57-84-88(75)101(80)78-48-28-26-46-76(78)99(84)68-42-22-8-23-43-68)53-52-73-90(91)104(93-92(103)94(63-34-14-4-15-35-63)105-95(93)64-36-16-5-17-37-64)83-59-70(98(66-38-18-6-19-39-66)67-40-20-7-21-41-67)58-82-86(83)96(73)72-51-50-71(62-32-12-3-13-33-62)87-89(72)102(82)79-49-29-27-47-77(79)100(87)69-44-24-9-25-45-69/h2-59H,1H3. The Hall–Kier alpha value is -13.3. The van der Waals surface area contributed by atoms with E-state index >= 15 is 0 Å². The van der Waals surface area contributed by atoms with E-state index in [-0.39, 0.29) is 13.4 Å². The lowest BCUT2D eigenvalue weighted by Crippen LogP contribution is -2.66. The molecule has 105 heavy (non-hydrogen) atoms. The van der Waals surface area contributed by atoms with Crippen molar-refractivity contribution in [3.05, 3.63) is 357 Å². The molecule has 0 unspecified atom stereocenters. The van der Waals surface area contributed by atoms with Crippen molar-refractivity contribution in [1.29, 1.82) is 0 Å². The van der Waals surface area contributed by atoms with Crippen LogP contribution in [0, 0.1) is 6.92 Å². The molecule has 15 aromatic carbocycles. The van der Waals surface area contributed by atoms with Crippen LogP contribution in [0.25, 0.3) is 43.1 Å². The first-order valence-electron chi connectivity index (χ1n) is 36.3. The van der Waals surface area contributed by atoms with E-state index in [4.69, 9.17) is 0 Å². The van der Waals surface area contributed by atoms with Crippen LogP contribution in [0.15, 0.2) is 352 Å². The first-order valence-corrected chi connectivity index (χ1v) is 37.1. The summed E-state index contributed by atoms with van der Waals surface area (Å²) in [6, 6.07) is 132. The molecule has 0 aliphatic carbocycles. The van der Waals surface area contributed by atoms with E-state index in [0.717, 1.165) is 85.1 Å². The van der Waals surface area contributed by atoms with Crippen LogP contribution in [0.1, 0.15) is 5.56 Å². The second-order valence-corrected chi connectivity index (χ2v) is 29.4. The van der Waals surface area contributed by atoms with Crippen LogP contribution in [0.2, 0.25) is 0 Å². The fraction of sp³-hybridized carbons (Fsp3) is 0.0105. The van der Waals surface area contributed by atoms with E-state index in [0.29, 0.717) is 0 Å². The highest BCUT2D eigenvalue weighted by molar-refractivity contribution is 7.20. The van der Waals surface area contributed by atoms with Gasteiger partial charge in [-0.05, 0) is 176 Å². The Morgan fingerprint density at radius 2 is 0.610 bits per heavy atom. The van der Waals surface area contributed by atoms with Crippen molar-refractivity contribution in [3.63, 3.8) is 0 Å². The third-order valence-corrected chi connectivity index (χ3v) is 23.9. The lowest BCUT2D eigenvalue weighted by molar-refractivity contribution is 1.15. The number of anilines is 21. The third kappa shape index (κ3) is 8.22. The molecule has 7 aliphatic rings. The SMILES string of the molecule is Cc1cc2c3c(c1)N1c4c(ccc5c4N(c4cc(N(c6ccccc6)c6ccccc6)cc6c4B5c4ccc(-c5ccccc5)c5c4N6c4ccccc4N5c4ccccc4)c4c(-c5ccccc5)sc(-c5ccccc5)c41)B3c1cc(-c3ccccc3)cc3c1N2c1ccccc1N3c1ccccc1. The molecule has 0 saturated carbocycles. The minimum Gasteiger partial charge on any atom is -0.310 e. The van der Waals surface area contributed by atoms with Gasteiger partial charge in [-0.1, -0.05) is 249 Å². The average Bonchev–Trinajstić information content (AvgIpc) is 1.60. The Morgan fingerprint density at radius 3 is 1.12 bits per heavy atom. The van der Waals surface area contributed by atoms with Gasteiger partial charge in [-0.3, -0.25) is 0 Å². The number of rotatable bonds is 9. The highest BCUT2D eigenvalue weighted by Crippen LogP contribution is 2.68. The molecule has 16 aromatic rings. The van der Waals surface area contributed by atoms with Gasteiger partial charge >= 0.3 is 0 Å². The molecule has 0 spiro atoms. The summed E-state index contributed by atoms with van der Waals surface area (Å²) in [5, 5.41) is 0. The summed E-state index contributed by atoms with van der Waals surface area (Å²) in [5.74, 6) is 0. The maximum Gasteiger partial charge on any atom is 0.252 e. The number of thiophene rings is 1. The normalized spacial score (nSPS) is 13.6. The summed E-state index contributed by atoms with van der Waals surface area (Å²) < 4.78 is 0. The van der Waals surface area contributed by atoms with Crippen LogP contribution in [0.4, 0.5) is 119 Å². The molecular formula is C95H61B2N7S. The van der Waals surface area contributed by atoms with Gasteiger partial charge in [0.2, 0.25) is 0 Å². The van der Waals surface area contributed by atoms with Gasteiger partial charge in [0.05, 0.1) is 83.7 Å². The molecular weight excluding hydrogens is 1290 g/mol. The van der Waals surface area contributed by atoms with Crippen molar-refractivity contribution in [2.75, 3.05) is 34.3 Å². The van der Waals surface area contributed by atoms with Crippen molar-refractivity contribution >= 4 is 177 Å². The molecule has 0 N–H and O–H groups in total. The van der Waals surface area contributed by atoms with Crippen LogP contribution in [0.5, 0.6) is 0 Å². The summed E-state index contributed by atoms with van der Waals surface area (Å²) in [7, 11) is 0. The van der Waals surface area contributed by atoms with Gasteiger partial charge < -0.3 is 34.3 Å². The minimum absolute atomic E-state index is 0.217. The van der Waals surface area contributed by atoms with Crippen molar-refractivity contribution in [1.82, 2.24) is 0 Å². The van der Waals surface area contributed by atoms with E-state index in [2.05, 4.69) is 393 Å². The Kier molecular flexibility index (Phi) is 12.4. The predicted molar refractivity (Wildman–Crippen MR) is 444 cm³/mol. The van der Waals surface area contributed by atoms with Crippen molar-refractivity contribution < 1.29 is 0 Å². The van der Waals surface area contributed by atoms with Crippen LogP contribution in [-0.4, -0.2) is 13.4 Å². The molecule has 7 nitrogen and oxygen atoms in total. The second-order valence-electron chi connectivity index (χ2n) is 28.3. The summed E-state index contributed by atoms with van der Waals surface area (Å²) in [5.41, 5.74) is 39.8. The van der Waals surface area contributed by atoms with E-state index < -0.39 is 0 Å². The molecule has 10 heteroatoms. The zero-order valence-electron chi connectivity index (χ0n) is 57.2. The summed E-state index contributed by atoms with van der Waals surface area (Å²) in [6.07, 6.45) is 0. The zero-order valence-corrected chi connectivity index (χ0v) is 58.0. The first-order chi connectivity index (χ1) is 52.1. The van der Waals surface area contributed by atoms with Crippen molar-refractivity contribution in [3.8, 4) is 43.1 Å². The Balaban J connectivity index is 0.897. The highest BCUT2D eigenvalue weighted by Gasteiger charge is 2.56. The number of aryl methyl sites for hydroxylation is 1. The van der Waals surface area contributed by atoms with Gasteiger partial charge in [0.1, 0.15) is 0 Å². The molecule has 8 heterocycles. The van der Waals surface area contributed by atoms with Gasteiger partial charge in [0, 0.05) is 51.1 Å². The summed E-state index contributed by atoms with van der Waals surface area (Å²) >= 11 is 1.92. The largest absolute Gasteiger partial charge is 0.310 e. The van der Waals surface area contributed by atoms with Gasteiger partial charge in [-0.25, -0.2) is 0 Å². The average molecular weight is 1350 g/mol. The summed E-state index contributed by atoms with van der Waals surface area (Å²) in [4.78, 5) is 20.8. The van der Waals surface area contributed by atoms with Crippen molar-refractivity contribution in [2.24, 2.45) is 0 Å². The van der Waals surface area contributed by atoms with Crippen LogP contribution in [0.3, 0.4) is 0 Å². The number of benzene rings is 15. The Labute approximate surface area is 614 Å². The van der Waals surface area contributed by atoms with Crippen LogP contribution < -0.4 is 67.1 Å². The van der Waals surface area contributed by atoms with E-state index in [1.807, 2.05) is 11.3 Å². The predicted octanol–water partition coefficient (Wildman–Crippen LogP) is 22.2. The van der Waals surface area contributed by atoms with Crippen molar-refractivity contribution in [2.45, 2.75) is 6.92 Å². The van der Waals surface area contributed by atoms with Gasteiger partial charge in [-0.2, -0.15) is 0 Å². The van der Waals surface area contributed by atoms with Gasteiger partial charge in [0.15, 0.2) is 0 Å². The molecule has 0 fully saturated rings. The molecule has 0 bridgehead atoms. The molecule has 1 aromatic heterocycles. The number of hydrogen-bond donors (Lipinski definition) is 0. The number of fused-ring (bicyclic) bond motifs is 15. The molecule has 0 atom stereocenters. The first kappa shape index (κ1) is 58.4. The second kappa shape index (κ2) is 22.4. The highest BCUT2D eigenvalue weighted by atomic mass is 32.1. The molecule has 0 saturated heterocycles. The smallest absolute Gasteiger partial charge is 0.252 e. The maximum atomic E-state index is 2.79. The third-order valence-electron chi connectivity index (χ3n) is 22.7. The maximum absolute atomic E-state index is 2.79. The molecule has 0 amide bonds.